The number of likely N-dealkylation sites (N-methyl/N-ethyl adjacent to an activating group) is 1. The summed E-state index contributed by atoms with van der Waals surface area (Å²) in [6, 6.07) is 9.20. The molecule has 1 saturated heterocycles. The molecule has 148 valence electrons. The molecule has 0 atom stereocenters. The minimum absolute atomic E-state index is 0.282. The number of carbonyl (C=O) groups excluding carboxylic acids is 1. The molecule has 0 bridgehead atoms. The molecule has 27 heavy (non-hydrogen) atoms. The van der Waals surface area contributed by atoms with Crippen LogP contribution in [0.2, 0.25) is 0 Å². The highest BCUT2D eigenvalue weighted by Crippen LogP contribution is 2.37. The summed E-state index contributed by atoms with van der Waals surface area (Å²) in [4.78, 5) is 22.4. The van der Waals surface area contributed by atoms with Crippen molar-refractivity contribution in [2.75, 3.05) is 62.7 Å². The maximum atomic E-state index is 13.0. The van der Waals surface area contributed by atoms with Crippen molar-refractivity contribution in [3.8, 4) is 0 Å². The van der Waals surface area contributed by atoms with Crippen molar-refractivity contribution in [3.05, 3.63) is 24.3 Å². The zero-order chi connectivity index (χ0) is 18.6. The lowest BCUT2D eigenvalue weighted by atomic mass is 9.93. The molecule has 2 aliphatic heterocycles. The molecule has 1 amide bonds. The van der Waals surface area contributed by atoms with Gasteiger partial charge in [-0.05, 0) is 32.0 Å². The lowest BCUT2D eigenvalue weighted by Crippen LogP contribution is -2.49. The number of benzene rings is 1. The predicted octanol–water partition coefficient (Wildman–Crippen LogP) is 2.81. The molecule has 0 radical (unpaired) electrons. The molecule has 0 spiro atoms. The summed E-state index contributed by atoms with van der Waals surface area (Å²) in [7, 11) is 2.17. The molecule has 4 rings (SSSR count). The van der Waals surface area contributed by atoms with Crippen LogP contribution in [0.3, 0.4) is 0 Å². The summed E-state index contributed by atoms with van der Waals surface area (Å²) in [6.07, 6.45) is 7.29. The minimum Gasteiger partial charge on any atom is -0.365 e. The maximum Gasteiger partial charge on any atom is 0.228 e. The fourth-order valence-corrected chi connectivity index (χ4v) is 4.88. The van der Waals surface area contributed by atoms with E-state index in [1.54, 1.807) is 0 Å². The Bertz CT molecular complexity index is 635. The van der Waals surface area contributed by atoms with E-state index in [1.165, 1.54) is 37.8 Å². The SMILES string of the molecule is CN1CCN(CCC(=O)N2CCN(C3CCCCC3)c3ccccc32)CC1. The lowest BCUT2D eigenvalue weighted by Gasteiger charge is -2.43. The topological polar surface area (TPSA) is 30.0 Å². The minimum atomic E-state index is 0.282. The molecule has 1 aromatic rings. The van der Waals surface area contributed by atoms with Crippen molar-refractivity contribution in [1.29, 1.82) is 0 Å². The normalized spacial score (nSPS) is 22.7. The summed E-state index contributed by atoms with van der Waals surface area (Å²) in [6.45, 7) is 7.06. The standard InChI is InChI=1S/C22H34N4O/c1-23-13-15-24(16-14-23)12-11-22(27)26-18-17-25(19-7-3-2-4-8-19)20-9-5-6-10-21(20)26/h5-6,9-10,19H,2-4,7-8,11-18H2,1H3. The molecule has 1 aliphatic carbocycles. The van der Waals surface area contributed by atoms with Gasteiger partial charge < -0.3 is 19.6 Å². The monoisotopic (exact) mass is 370 g/mol. The van der Waals surface area contributed by atoms with Gasteiger partial charge in [0.1, 0.15) is 0 Å². The molecule has 5 heteroatoms. The first-order valence-corrected chi connectivity index (χ1v) is 10.8. The molecule has 0 aromatic heterocycles. The van der Waals surface area contributed by atoms with E-state index >= 15 is 0 Å². The van der Waals surface area contributed by atoms with Crippen molar-refractivity contribution >= 4 is 17.3 Å². The molecule has 5 nitrogen and oxygen atoms in total. The summed E-state index contributed by atoms with van der Waals surface area (Å²) >= 11 is 0. The molecule has 2 fully saturated rings. The zero-order valence-corrected chi connectivity index (χ0v) is 16.8. The highest BCUT2D eigenvalue weighted by Gasteiger charge is 2.31. The number of hydrogen-bond donors (Lipinski definition) is 0. The van der Waals surface area contributed by atoms with Crippen LogP contribution < -0.4 is 9.80 Å². The third-order valence-electron chi connectivity index (χ3n) is 6.60. The van der Waals surface area contributed by atoms with Crippen LogP contribution in [0.25, 0.3) is 0 Å². The van der Waals surface area contributed by atoms with Gasteiger partial charge in [0.05, 0.1) is 11.4 Å². The van der Waals surface area contributed by atoms with Gasteiger partial charge in [0.15, 0.2) is 0 Å². The Balaban J connectivity index is 1.41. The Labute approximate surface area is 163 Å². The van der Waals surface area contributed by atoms with E-state index in [4.69, 9.17) is 0 Å². The first-order valence-electron chi connectivity index (χ1n) is 10.8. The predicted molar refractivity (Wildman–Crippen MR) is 112 cm³/mol. The number of para-hydroxylation sites is 2. The van der Waals surface area contributed by atoms with Gasteiger partial charge >= 0.3 is 0 Å². The Morgan fingerprint density at radius 1 is 0.926 bits per heavy atom. The molecule has 1 saturated carbocycles. The number of nitrogens with zero attached hydrogens (tertiary/aromatic N) is 4. The van der Waals surface area contributed by atoms with Crippen molar-refractivity contribution in [2.24, 2.45) is 0 Å². The fourth-order valence-electron chi connectivity index (χ4n) is 4.88. The van der Waals surface area contributed by atoms with Crippen LogP contribution in [0, 0.1) is 0 Å². The van der Waals surface area contributed by atoms with Gasteiger partial charge in [0, 0.05) is 58.3 Å². The van der Waals surface area contributed by atoms with Gasteiger partial charge in [-0.15, -0.1) is 0 Å². The molecule has 3 aliphatic rings. The van der Waals surface area contributed by atoms with Gasteiger partial charge in [-0.3, -0.25) is 4.79 Å². The van der Waals surface area contributed by atoms with E-state index in [0.29, 0.717) is 12.5 Å². The van der Waals surface area contributed by atoms with Crippen molar-refractivity contribution in [1.82, 2.24) is 9.80 Å². The summed E-state index contributed by atoms with van der Waals surface area (Å²) < 4.78 is 0. The first-order chi connectivity index (χ1) is 13.2. The van der Waals surface area contributed by atoms with E-state index in [0.717, 1.165) is 51.5 Å². The lowest BCUT2D eigenvalue weighted by molar-refractivity contribution is -0.119. The Morgan fingerprint density at radius 2 is 1.63 bits per heavy atom. The Kier molecular flexibility index (Phi) is 5.98. The molecule has 0 unspecified atom stereocenters. The number of rotatable bonds is 4. The second-order valence-corrected chi connectivity index (χ2v) is 8.41. The fraction of sp³-hybridized carbons (Fsp3) is 0.682. The summed E-state index contributed by atoms with van der Waals surface area (Å²) in [5, 5.41) is 0. The molecular weight excluding hydrogens is 336 g/mol. The first kappa shape index (κ1) is 18.8. The van der Waals surface area contributed by atoms with Crippen molar-refractivity contribution in [3.63, 3.8) is 0 Å². The second kappa shape index (κ2) is 8.61. The van der Waals surface area contributed by atoms with E-state index < -0.39 is 0 Å². The van der Waals surface area contributed by atoms with Crippen molar-refractivity contribution in [2.45, 2.75) is 44.6 Å². The molecule has 2 heterocycles. The molecular formula is C22H34N4O. The highest BCUT2D eigenvalue weighted by atomic mass is 16.2. The highest BCUT2D eigenvalue weighted by molar-refractivity contribution is 5.98. The number of carbonyl (C=O) groups is 1. The Hall–Kier alpha value is -1.59. The van der Waals surface area contributed by atoms with Gasteiger partial charge in [-0.25, -0.2) is 0 Å². The third-order valence-corrected chi connectivity index (χ3v) is 6.60. The number of anilines is 2. The second-order valence-electron chi connectivity index (χ2n) is 8.41. The van der Waals surface area contributed by atoms with Gasteiger partial charge in [-0.2, -0.15) is 0 Å². The van der Waals surface area contributed by atoms with Crippen LogP contribution in [0.5, 0.6) is 0 Å². The number of fused-ring (bicyclic) bond motifs is 1. The molecule has 1 aromatic carbocycles. The number of piperazine rings is 1. The third kappa shape index (κ3) is 4.30. The van der Waals surface area contributed by atoms with E-state index in [1.807, 2.05) is 4.90 Å². The molecule has 0 N–H and O–H groups in total. The van der Waals surface area contributed by atoms with E-state index in [9.17, 15) is 4.79 Å². The van der Waals surface area contributed by atoms with Gasteiger partial charge in [0.2, 0.25) is 5.91 Å². The van der Waals surface area contributed by atoms with Crippen molar-refractivity contribution < 1.29 is 4.79 Å². The van der Waals surface area contributed by atoms with Crippen LogP contribution in [-0.4, -0.2) is 74.6 Å². The Morgan fingerprint density at radius 3 is 2.37 bits per heavy atom. The average Bonchev–Trinajstić information content (AvgIpc) is 2.73. The van der Waals surface area contributed by atoms with Gasteiger partial charge in [0.25, 0.3) is 0 Å². The van der Waals surface area contributed by atoms with Crippen LogP contribution in [0.4, 0.5) is 11.4 Å². The number of hydrogen-bond acceptors (Lipinski definition) is 4. The average molecular weight is 371 g/mol. The van der Waals surface area contributed by atoms with Crippen LogP contribution >= 0.6 is 0 Å². The zero-order valence-electron chi connectivity index (χ0n) is 16.8. The van der Waals surface area contributed by atoms with Gasteiger partial charge in [-0.1, -0.05) is 31.4 Å². The van der Waals surface area contributed by atoms with Crippen LogP contribution in [-0.2, 0) is 4.79 Å². The van der Waals surface area contributed by atoms with Crippen LogP contribution in [0.1, 0.15) is 38.5 Å². The van der Waals surface area contributed by atoms with E-state index in [-0.39, 0.29) is 5.91 Å². The van der Waals surface area contributed by atoms with Crippen LogP contribution in [0.15, 0.2) is 24.3 Å². The maximum absolute atomic E-state index is 13.0. The smallest absolute Gasteiger partial charge is 0.228 e. The quantitative estimate of drug-likeness (QED) is 0.815. The largest absolute Gasteiger partial charge is 0.365 e. The summed E-state index contributed by atoms with van der Waals surface area (Å²) in [5.41, 5.74) is 2.39. The summed E-state index contributed by atoms with van der Waals surface area (Å²) in [5.74, 6) is 0.282. The van der Waals surface area contributed by atoms with E-state index in [2.05, 4.69) is 46.0 Å². The number of amides is 1.